The maximum Gasteiger partial charge on any atom is 0.130 e. The molecule has 0 spiro atoms. The predicted octanol–water partition coefficient (Wildman–Crippen LogP) is 3.18. The van der Waals surface area contributed by atoms with Gasteiger partial charge in [-0.1, -0.05) is 19.4 Å². The fourth-order valence-electron chi connectivity index (χ4n) is 2.69. The fourth-order valence-corrected chi connectivity index (χ4v) is 2.69. The van der Waals surface area contributed by atoms with Crippen molar-refractivity contribution in [2.45, 2.75) is 26.3 Å². The average Bonchev–Trinajstić information content (AvgIpc) is 3.21. The molecular formula is C18H24N4O. The lowest BCUT2D eigenvalue weighted by molar-refractivity contribution is 0.318. The van der Waals surface area contributed by atoms with Gasteiger partial charge in [0, 0.05) is 11.9 Å². The van der Waals surface area contributed by atoms with Gasteiger partial charge < -0.3 is 9.64 Å². The summed E-state index contributed by atoms with van der Waals surface area (Å²) in [7, 11) is 2.15. The zero-order valence-corrected chi connectivity index (χ0v) is 13.9. The van der Waals surface area contributed by atoms with Crippen LogP contribution in [0.5, 0.6) is 5.75 Å². The molecule has 5 heteroatoms. The number of H-pyrrole nitrogens is 1. The first kappa shape index (κ1) is 15.7. The number of benzene rings is 1. The van der Waals surface area contributed by atoms with E-state index in [1.54, 1.807) is 0 Å². The van der Waals surface area contributed by atoms with Crippen molar-refractivity contribution in [2.24, 2.45) is 4.99 Å². The molecule has 2 aromatic rings. The molecule has 0 amide bonds. The zero-order chi connectivity index (χ0) is 16.1. The van der Waals surface area contributed by atoms with Gasteiger partial charge in [0.05, 0.1) is 23.5 Å². The molecule has 23 heavy (non-hydrogen) atoms. The Morgan fingerprint density at radius 3 is 3.04 bits per heavy atom. The normalized spacial score (nSPS) is 14.0. The summed E-state index contributed by atoms with van der Waals surface area (Å²) >= 11 is 0. The summed E-state index contributed by atoms with van der Waals surface area (Å²) in [6.07, 6.45) is 6.49. The summed E-state index contributed by atoms with van der Waals surface area (Å²) in [5, 5.41) is 8.69. The molecule has 5 nitrogen and oxygen atoms in total. The molecule has 0 bridgehead atoms. The highest BCUT2D eigenvalue weighted by Gasteiger charge is 2.10. The Balaban J connectivity index is 1.70. The molecule has 1 aromatic carbocycles. The third-order valence-electron chi connectivity index (χ3n) is 4.02. The molecule has 2 heterocycles. The SMILES string of the molecule is CCCCN(C)Cc1[nH]nc2ccc(OCC3=NCC=C3)cc12. The van der Waals surface area contributed by atoms with E-state index in [9.17, 15) is 0 Å². The van der Waals surface area contributed by atoms with Crippen molar-refractivity contribution < 1.29 is 4.74 Å². The first-order valence-electron chi connectivity index (χ1n) is 8.24. The molecule has 1 N–H and O–H groups in total. The molecular weight excluding hydrogens is 288 g/mol. The number of aliphatic imine (C=N–C) groups is 1. The van der Waals surface area contributed by atoms with Gasteiger partial charge in [0.15, 0.2) is 0 Å². The molecule has 1 aliphatic rings. The van der Waals surface area contributed by atoms with Gasteiger partial charge in [-0.25, -0.2) is 0 Å². The van der Waals surface area contributed by atoms with E-state index in [4.69, 9.17) is 4.74 Å². The first-order chi connectivity index (χ1) is 11.3. The van der Waals surface area contributed by atoms with E-state index in [0.717, 1.165) is 47.7 Å². The Kier molecular flexibility index (Phi) is 5.08. The van der Waals surface area contributed by atoms with E-state index in [1.165, 1.54) is 12.8 Å². The molecule has 1 aliphatic heterocycles. The molecule has 0 saturated carbocycles. The minimum Gasteiger partial charge on any atom is -0.487 e. The van der Waals surface area contributed by atoms with Crippen LogP contribution in [0.3, 0.4) is 0 Å². The lowest BCUT2D eigenvalue weighted by atomic mass is 10.2. The molecule has 0 radical (unpaired) electrons. The summed E-state index contributed by atoms with van der Waals surface area (Å²) in [6.45, 7) is 5.47. The van der Waals surface area contributed by atoms with Crippen molar-refractivity contribution in [1.29, 1.82) is 0 Å². The maximum absolute atomic E-state index is 5.85. The summed E-state index contributed by atoms with van der Waals surface area (Å²) in [6, 6.07) is 6.04. The fraction of sp³-hybridized carbons (Fsp3) is 0.444. The second-order valence-electron chi connectivity index (χ2n) is 6.00. The third-order valence-corrected chi connectivity index (χ3v) is 4.02. The third kappa shape index (κ3) is 3.99. The van der Waals surface area contributed by atoms with Gasteiger partial charge in [-0.15, -0.1) is 0 Å². The summed E-state index contributed by atoms with van der Waals surface area (Å²) in [5.74, 6) is 0.861. The van der Waals surface area contributed by atoms with Crippen molar-refractivity contribution in [1.82, 2.24) is 15.1 Å². The van der Waals surface area contributed by atoms with Gasteiger partial charge in [-0.2, -0.15) is 5.10 Å². The van der Waals surface area contributed by atoms with Gasteiger partial charge in [-0.05, 0) is 44.3 Å². The number of aromatic nitrogens is 2. The molecule has 0 aliphatic carbocycles. The second kappa shape index (κ2) is 7.42. The Hall–Kier alpha value is -2.14. The highest BCUT2D eigenvalue weighted by molar-refractivity contribution is 5.97. The number of unbranched alkanes of at least 4 members (excludes halogenated alkanes) is 1. The van der Waals surface area contributed by atoms with Crippen LogP contribution in [0, 0.1) is 0 Å². The van der Waals surface area contributed by atoms with Crippen molar-refractivity contribution >= 4 is 16.6 Å². The molecule has 0 saturated heterocycles. The molecule has 0 unspecified atom stereocenters. The van der Waals surface area contributed by atoms with Crippen LogP contribution in [0.1, 0.15) is 25.5 Å². The van der Waals surface area contributed by atoms with Crippen LogP contribution in [-0.2, 0) is 6.54 Å². The Bertz CT molecular complexity index is 717. The number of fused-ring (bicyclic) bond motifs is 1. The summed E-state index contributed by atoms with van der Waals surface area (Å²) in [4.78, 5) is 6.67. The van der Waals surface area contributed by atoms with Crippen molar-refractivity contribution in [3.05, 3.63) is 36.0 Å². The number of nitrogens with zero attached hydrogens (tertiary/aromatic N) is 3. The number of rotatable bonds is 8. The van der Waals surface area contributed by atoms with Gasteiger partial charge in [-0.3, -0.25) is 10.1 Å². The topological polar surface area (TPSA) is 53.5 Å². The smallest absolute Gasteiger partial charge is 0.130 e. The molecule has 122 valence electrons. The van der Waals surface area contributed by atoms with Crippen molar-refractivity contribution in [3.8, 4) is 5.75 Å². The lowest BCUT2D eigenvalue weighted by Gasteiger charge is -2.15. The van der Waals surface area contributed by atoms with Crippen LogP contribution in [-0.4, -0.2) is 47.6 Å². The Labute approximate surface area is 137 Å². The highest BCUT2D eigenvalue weighted by Crippen LogP contribution is 2.23. The summed E-state index contributed by atoms with van der Waals surface area (Å²) in [5.41, 5.74) is 3.12. The number of nitrogens with one attached hydrogen (secondary N) is 1. The Morgan fingerprint density at radius 1 is 1.35 bits per heavy atom. The first-order valence-corrected chi connectivity index (χ1v) is 8.24. The zero-order valence-electron chi connectivity index (χ0n) is 13.9. The Morgan fingerprint density at radius 2 is 2.26 bits per heavy atom. The maximum atomic E-state index is 5.85. The van der Waals surface area contributed by atoms with Gasteiger partial charge in [0.25, 0.3) is 0 Å². The standard InChI is InChI=1S/C18H24N4O/c1-3-4-10-22(2)12-18-16-11-15(7-8-17(16)20-21-18)23-13-14-6-5-9-19-14/h5-8,11H,3-4,9-10,12-13H2,1-2H3,(H,20,21). The van der Waals surface area contributed by atoms with E-state index in [-0.39, 0.29) is 0 Å². The van der Waals surface area contributed by atoms with Crippen LogP contribution >= 0.6 is 0 Å². The quantitative estimate of drug-likeness (QED) is 0.814. The van der Waals surface area contributed by atoms with E-state index >= 15 is 0 Å². The molecule has 0 fully saturated rings. The second-order valence-corrected chi connectivity index (χ2v) is 6.00. The van der Waals surface area contributed by atoms with Crippen LogP contribution in [0.4, 0.5) is 0 Å². The molecule has 1 aromatic heterocycles. The molecule has 3 rings (SSSR count). The van der Waals surface area contributed by atoms with Gasteiger partial charge >= 0.3 is 0 Å². The number of aromatic amines is 1. The van der Waals surface area contributed by atoms with Crippen LogP contribution in [0.2, 0.25) is 0 Å². The van der Waals surface area contributed by atoms with Gasteiger partial charge in [0.1, 0.15) is 12.4 Å². The molecule has 0 atom stereocenters. The van der Waals surface area contributed by atoms with Gasteiger partial charge in [0.2, 0.25) is 0 Å². The lowest BCUT2D eigenvalue weighted by Crippen LogP contribution is -2.19. The minimum absolute atomic E-state index is 0.519. The van der Waals surface area contributed by atoms with Crippen LogP contribution in [0.15, 0.2) is 35.3 Å². The van der Waals surface area contributed by atoms with E-state index in [2.05, 4.69) is 40.1 Å². The van der Waals surface area contributed by atoms with E-state index < -0.39 is 0 Å². The largest absolute Gasteiger partial charge is 0.487 e. The van der Waals surface area contributed by atoms with E-state index in [0.29, 0.717) is 6.61 Å². The number of hydrogen-bond acceptors (Lipinski definition) is 4. The van der Waals surface area contributed by atoms with Crippen LogP contribution in [0.25, 0.3) is 10.9 Å². The van der Waals surface area contributed by atoms with Crippen LogP contribution < -0.4 is 4.74 Å². The number of hydrogen-bond donors (Lipinski definition) is 1. The highest BCUT2D eigenvalue weighted by atomic mass is 16.5. The summed E-state index contributed by atoms with van der Waals surface area (Å²) < 4.78 is 5.85. The van der Waals surface area contributed by atoms with Crippen molar-refractivity contribution in [2.75, 3.05) is 26.7 Å². The number of ether oxygens (including phenoxy) is 1. The van der Waals surface area contributed by atoms with Crippen molar-refractivity contribution in [3.63, 3.8) is 0 Å². The minimum atomic E-state index is 0.519. The van der Waals surface area contributed by atoms with E-state index in [1.807, 2.05) is 24.3 Å². The monoisotopic (exact) mass is 312 g/mol. The predicted molar refractivity (Wildman–Crippen MR) is 94.3 cm³/mol. The average molecular weight is 312 g/mol.